The summed E-state index contributed by atoms with van der Waals surface area (Å²) in [4.78, 5) is 12.8. The first-order chi connectivity index (χ1) is 9.17. The van der Waals surface area contributed by atoms with Gasteiger partial charge in [-0.15, -0.1) is 11.8 Å². The van der Waals surface area contributed by atoms with Gasteiger partial charge in [0.1, 0.15) is 5.60 Å². The van der Waals surface area contributed by atoms with Crippen molar-refractivity contribution in [2.75, 3.05) is 5.75 Å². The van der Waals surface area contributed by atoms with Crippen LogP contribution in [0.15, 0.2) is 35.2 Å². The van der Waals surface area contributed by atoms with Gasteiger partial charge in [-0.3, -0.25) is 0 Å². The van der Waals surface area contributed by atoms with Gasteiger partial charge < -0.3 is 0 Å². The summed E-state index contributed by atoms with van der Waals surface area (Å²) in [6, 6.07) is 10.5. The summed E-state index contributed by atoms with van der Waals surface area (Å²) in [6.45, 7) is 4.48. The van der Waals surface area contributed by atoms with Crippen LogP contribution in [0.2, 0.25) is 0 Å². The fourth-order valence-corrected chi connectivity index (χ4v) is 4.18. The Kier molecular flexibility index (Phi) is 3.88. The summed E-state index contributed by atoms with van der Waals surface area (Å²) in [7, 11) is 0. The lowest BCUT2D eigenvalue weighted by Crippen LogP contribution is -2.51. The molecule has 1 aliphatic carbocycles. The van der Waals surface area contributed by atoms with Crippen LogP contribution >= 0.6 is 11.8 Å². The molecule has 3 rings (SSSR count). The van der Waals surface area contributed by atoms with E-state index in [0.29, 0.717) is 17.9 Å². The minimum Gasteiger partial charge on any atom is -0.233 e. The Bertz CT molecular complexity index is 422. The van der Waals surface area contributed by atoms with E-state index in [1.165, 1.54) is 17.7 Å². The molecule has 0 N–H and O–H groups in total. The van der Waals surface area contributed by atoms with E-state index in [0.717, 1.165) is 12.2 Å². The summed E-state index contributed by atoms with van der Waals surface area (Å²) in [5.74, 6) is 2.24. The molecule has 2 nitrogen and oxygen atoms in total. The topological polar surface area (TPSA) is 18.5 Å². The zero-order valence-corrected chi connectivity index (χ0v) is 12.5. The first-order valence-corrected chi connectivity index (χ1v) is 8.18. The molecule has 1 aromatic rings. The van der Waals surface area contributed by atoms with E-state index < -0.39 is 0 Å². The van der Waals surface area contributed by atoms with Gasteiger partial charge >= 0.3 is 0 Å². The Morgan fingerprint density at radius 3 is 2.84 bits per heavy atom. The zero-order valence-electron chi connectivity index (χ0n) is 11.7. The van der Waals surface area contributed by atoms with Gasteiger partial charge in [-0.25, -0.2) is 9.78 Å². The van der Waals surface area contributed by atoms with Crippen LogP contribution in [0.3, 0.4) is 0 Å². The molecule has 3 heteroatoms. The molecule has 19 heavy (non-hydrogen) atoms. The van der Waals surface area contributed by atoms with Gasteiger partial charge in [-0.05, 0) is 50.2 Å². The highest BCUT2D eigenvalue weighted by atomic mass is 32.2. The molecular weight excluding hydrogens is 256 g/mol. The second-order valence-corrected chi connectivity index (χ2v) is 7.17. The fraction of sp³-hybridized carbons (Fsp3) is 0.625. The van der Waals surface area contributed by atoms with Crippen molar-refractivity contribution >= 4 is 11.8 Å². The van der Waals surface area contributed by atoms with Gasteiger partial charge in [0, 0.05) is 10.6 Å². The van der Waals surface area contributed by atoms with Crippen molar-refractivity contribution in [3.63, 3.8) is 0 Å². The normalized spacial score (nSPS) is 38.1. The van der Waals surface area contributed by atoms with E-state index in [4.69, 9.17) is 9.78 Å². The Morgan fingerprint density at radius 1 is 1.26 bits per heavy atom. The minimum atomic E-state index is -0.142. The molecule has 0 spiro atoms. The van der Waals surface area contributed by atoms with Gasteiger partial charge in [0.05, 0.1) is 6.10 Å². The number of fused-ring (bicyclic) bond motifs is 2. The second kappa shape index (κ2) is 5.47. The van der Waals surface area contributed by atoms with Gasteiger partial charge in [0.25, 0.3) is 0 Å². The maximum atomic E-state index is 5.80. The fourth-order valence-electron chi connectivity index (χ4n) is 3.09. The Morgan fingerprint density at radius 2 is 2.05 bits per heavy atom. The van der Waals surface area contributed by atoms with Crippen molar-refractivity contribution in [2.24, 2.45) is 11.8 Å². The van der Waals surface area contributed by atoms with Gasteiger partial charge in [-0.1, -0.05) is 25.1 Å². The lowest BCUT2D eigenvalue weighted by atomic mass is 9.73. The maximum absolute atomic E-state index is 5.80. The largest absolute Gasteiger partial charge is 0.233 e. The van der Waals surface area contributed by atoms with E-state index >= 15 is 0 Å². The smallest absolute Gasteiger partial charge is 0.113 e. The number of thioether (sulfide) groups is 1. The third-order valence-electron chi connectivity index (χ3n) is 4.62. The number of rotatable bonds is 3. The highest BCUT2D eigenvalue weighted by molar-refractivity contribution is 7.99. The van der Waals surface area contributed by atoms with Gasteiger partial charge in [0.15, 0.2) is 0 Å². The molecule has 2 aliphatic rings. The molecule has 1 saturated carbocycles. The van der Waals surface area contributed by atoms with Crippen LogP contribution in [0.4, 0.5) is 0 Å². The standard InChI is InChI=1S/C16H22O2S/c1-12-8-9-13-10-15(12)17-18-16(13,2)11-19-14-6-4-3-5-7-14/h3-7,12-13,15H,8-11H2,1-2H3/t12-,13+,15+,16-/m0/s1. The van der Waals surface area contributed by atoms with E-state index in [1.54, 1.807) is 0 Å². The SMILES string of the molecule is C[C@H]1CC[C@@H]2C[C@H]1OO[C@@]2(C)CSc1ccccc1. The highest BCUT2D eigenvalue weighted by Gasteiger charge is 2.46. The van der Waals surface area contributed by atoms with E-state index in [2.05, 4.69) is 44.2 Å². The monoisotopic (exact) mass is 278 g/mol. The molecule has 1 saturated heterocycles. The van der Waals surface area contributed by atoms with E-state index in [-0.39, 0.29) is 5.60 Å². The first kappa shape index (κ1) is 13.5. The molecule has 0 unspecified atom stereocenters. The van der Waals surface area contributed by atoms with Crippen LogP contribution in [0.5, 0.6) is 0 Å². The van der Waals surface area contributed by atoms with Gasteiger partial charge in [-0.2, -0.15) is 0 Å². The molecule has 4 atom stereocenters. The molecule has 104 valence electrons. The zero-order chi connectivity index (χ0) is 13.3. The predicted octanol–water partition coefficient (Wildman–Crippen LogP) is 4.30. The maximum Gasteiger partial charge on any atom is 0.113 e. The van der Waals surface area contributed by atoms with Crippen molar-refractivity contribution in [3.8, 4) is 0 Å². The minimum absolute atomic E-state index is 0.142. The van der Waals surface area contributed by atoms with Crippen LogP contribution in [-0.4, -0.2) is 17.5 Å². The molecular formula is C16H22O2S. The summed E-state index contributed by atoms with van der Waals surface area (Å²) in [5, 5.41) is 0. The average molecular weight is 278 g/mol. The van der Waals surface area contributed by atoms with Crippen molar-refractivity contribution in [1.29, 1.82) is 0 Å². The predicted molar refractivity (Wildman–Crippen MR) is 78.0 cm³/mol. The molecule has 0 radical (unpaired) electrons. The van der Waals surface area contributed by atoms with Crippen molar-refractivity contribution in [3.05, 3.63) is 30.3 Å². The van der Waals surface area contributed by atoms with Gasteiger partial charge in [0.2, 0.25) is 0 Å². The molecule has 0 amide bonds. The third kappa shape index (κ3) is 2.83. The lowest BCUT2D eigenvalue weighted by molar-refractivity contribution is -0.427. The quantitative estimate of drug-likeness (QED) is 0.606. The second-order valence-electron chi connectivity index (χ2n) is 6.12. The molecule has 0 aromatic heterocycles. The van der Waals surface area contributed by atoms with E-state index in [9.17, 15) is 0 Å². The number of benzene rings is 1. The third-order valence-corrected chi connectivity index (χ3v) is 5.94. The molecule has 2 fully saturated rings. The summed E-state index contributed by atoms with van der Waals surface area (Å²) in [5.41, 5.74) is -0.142. The average Bonchev–Trinajstić information content (AvgIpc) is 2.45. The number of hydrogen-bond acceptors (Lipinski definition) is 3. The van der Waals surface area contributed by atoms with Crippen LogP contribution < -0.4 is 0 Å². The highest BCUT2D eigenvalue weighted by Crippen LogP contribution is 2.45. The lowest BCUT2D eigenvalue weighted by Gasteiger charge is -2.47. The Labute approximate surface area is 119 Å². The van der Waals surface area contributed by atoms with Crippen LogP contribution in [0.25, 0.3) is 0 Å². The molecule has 1 aromatic carbocycles. The van der Waals surface area contributed by atoms with Crippen molar-refractivity contribution < 1.29 is 9.78 Å². The van der Waals surface area contributed by atoms with Crippen LogP contribution in [0, 0.1) is 11.8 Å². The Balaban J connectivity index is 1.64. The summed E-state index contributed by atoms with van der Waals surface area (Å²) >= 11 is 1.87. The van der Waals surface area contributed by atoms with Crippen LogP contribution in [0.1, 0.15) is 33.1 Å². The van der Waals surface area contributed by atoms with Crippen molar-refractivity contribution in [1.82, 2.24) is 0 Å². The van der Waals surface area contributed by atoms with Crippen molar-refractivity contribution in [2.45, 2.75) is 49.7 Å². The van der Waals surface area contributed by atoms with E-state index in [1.807, 2.05) is 11.8 Å². The summed E-state index contributed by atoms with van der Waals surface area (Å²) in [6.07, 6.45) is 4.01. The number of hydrogen-bond donors (Lipinski definition) is 0. The Hall–Kier alpha value is -0.510. The first-order valence-electron chi connectivity index (χ1n) is 7.20. The molecule has 1 heterocycles. The van der Waals surface area contributed by atoms with Crippen LogP contribution in [-0.2, 0) is 9.78 Å². The summed E-state index contributed by atoms with van der Waals surface area (Å²) < 4.78 is 0. The molecule has 2 bridgehead atoms. The molecule has 1 aliphatic heterocycles.